The van der Waals surface area contributed by atoms with Gasteiger partial charge in [-0.05, 0) is 24.1 Å². The fraction of sp³-hybridized carbons (Fsp3) is 0.562. The van der Waals surface area contributed by atoms with Crippen LogP contribution >= 0.6 is 24.0 Å². The lowest BCUT2D eigenvalue weighted by molar-refractivity contribution is 0.0698. The molecule has 0 radical (unpaired) electrons. The Morgan fingerprint density at radius 3 is 2.52 bits per heavy atom. The maximum atomic E-state index is 12.9. The molecule has 0 aliphatic carbocycles. The maximum absolute atomic E-state index is 12.9. The summed E-state index contributed by atoms with van der Waals surface area (Å²) in [6, 6.07) is 6.50. The van der Waals surface area contributed by atoms with E-state index in [1.807, 2.05) is 11.9 Å². The highest BCUT2D eigenvalue weighted by Gasteiger charge is 2.06. The Labute approximate surface area is 155 Å². The predicted molar refractivity (Wildman–Crippen MR) is 102 cm³/mol. The number of nitrogens with one attached hydrogen (secondary N) is 1. The molecule has 0 heterocycles. The van der Waals surface area contributed by atoms with Crippen molar-refractivity contribution in [1.29, 1.82) is 0 Å². The minimum absolute atomic E-state index is 0. The average molecular weight is 439 g/mol. The first-order valence-corrected chi connectivity index (χ1v) is 7.40. The molecule has 1 rings (SSSR count). The second kappa shape index (κ2) is 13.5. The van der Waals surface area contributed by atoms with Crippen LogP contribution in [0.15, 0.2) is 29.3 Å². The summed E-state index contributed by atoms with van der Waals surface area (Å²) in [7, 11) is 5.36. The largest absolute Gasteiger partial charge is 0.382 e. The second-order valence-corrected chi connectivity index (χ2v) is 4.92. The second-order valence-electron chi connectivity index (χ2n) is 4.92. The summed E-state index contributed by atoms with van der Waals surface area (Å²) in [4.78, 5) is 6.24. The molecule has 0 amide bonds. The SMILES string of the molecule is CN=C(NCCCOCCOC)N(C)Cc1ccc(F)cc1.I. The summed E-state index contributed by atoms with van der Waals surface area (Å²) in [5.41, 5.74) is 1.04. The van der Waals surface area contributed by atoms with Crippen molar-refractivity contribution in [2.45, 2.75) is 13.0 Å². The summed E-state index contributed by atoms with van der Waals surface area (Å²) in [6.45, 7) is 3.39. The Morgan fingerprint density at radius 2 is 1.91 bits per heavy atom. The van der Waals surface area contributed by atoms with Gasteiger partial charge in [0.05, 0.1) is 13.2 Å². The number of rotatable bonds is 9. The molecule has 0 aliphatic heterocycles. The summed E-state index contributed by atoms with van der Waals surface area (Å²) in [5, 5.41) is 3.28. The first kappa shape index (κ1) is 22.1. The van der Waals surface area contributed by atoms with Gasteiger partial charge in [-0.15, -0.1) is 24.0 Å². The van der Waals surface area contributed by atoms with E-state index in [1.165, 1.54) is 12.1 Å². The number of guanidine groups is 1. The Hall–Kier alpha value is -0.930. The number of halogens is 2. The highest BCUT2D eigenvalue weighted by molar-refractivity contribution is 14.0. The van der Waals surface area contributed by atoms with Gasteiger partial charge in [0, 0.05) is 40.9 Å². The maximum Gasteiger partial charge on any atom is 0.193 e. The number of hydrogen-bond acceptors (Lipinski definition) is 3. The zero-order chi connectivity index (χ0) is 16.2. The standard InChI is InChI=1S/C16H26FN3O2.HI/c1-18-16(19-9-4-10-22-12-11-21-3)20(2)13-14-5-7-15(17)8-6-14;/h5-8H,4,9-13H2,1-3H3,(H,18,19);1H. The van der Waals surface area contributed by atoms with Crippen LogP contribution in [0, 0.1) is 5.82 Å². The number of benzene rings is 1. The van der Waals surface area contributed by atoms with Crippen molar-refractivity contribution < 1.29 is 13.9 Å². The van der Waals surface area contributed by atoms with Crippen molar-refractivity contribution >= 4 is 29.9 Å². The highest BCUT2D eigenvalue weighted by Crippen LogP contribution is 2.05. The number of ether oxygens (including phenoxy) is 2. The van der Waals surface area contributed by atoms with Crippen LogP contribution in [-0.4, -0.2) is 58.4 Å². The van der Waals surface area contributed by atoms with E-state index in [9.17, 15) is 4.39 Å². The average Bonchev–Trinajstić information content (AvgIpc) is 2.52. The van der Waals surface area contributed by atoms with Crippen LogP contribution in [-0.2, 0) is 16.0 Å². The molecular weight excluding hydrogens is 412 g/mol. The Kier molecular flexibility index (Phi) is 13.0. The first-order chi connectivity index (χ1) is 10.7. The number of methoxy groups -OCH3 is 1. The minimum Gasteiger partial charge on any atom is -0.382 e. The molecule has 0 saturated carbocycles. The molecule has 0 fully saturated rings. The molecular formula is C16H27FIN3O2. The van der Waals surface area contributed by atoms with Gasteiger partial charge in [-0.1, -0.05) is 12.1 Å². The molecule has 0 aliphatic rings. The molecule has 0 spiro atoms. The van der Waals surface area contributed by atoms with Crippen molar-refractivity contribution in [1.82, 2.24) is 10.2 Å². The molecule has 1 aromatic rings. The van der Waals surface area contributed by atoms with Gasteiger partial charge in [-0.2, -0.15) is 0 Å². The van der Waals surface area contributed by atoms with Crippen molar-refractivity contribution in [3.8, 4) is 0 Å². The normalized spacial score (nSPS) is 11.0. The molecule has 5 nitrogen and oxygen atoms in total. The van der Waals surface area contributed by atoms with E-state index in [1.54, 1.807) is 26.3 Å². The van der Waals surface area contributed by atoms with E-state index in [4.69, 9.17) is 9.47 Å². The van der Waals surface area contributed by atoms with Gasteiger partial charge < -0.3 is 19.7 Å². The molecule has 1 N–H and O–H groups in total. The fourth-order valence-corrected chi connectivity index (χ4v) is 1.94. The lowest BCUT2D eigenvalue weighted by Gasteiger charge is -2.22. The molecule has 0 unspecified atom stereocenters. The summed E-state index contributed by atoms with van der Waals surface area (Å²) in [6.07, 6.45) is 0.896. The number of nitrogens with zero attached hydrogens (tertiary/aromatic N) is 2. The summed E-state index contributed by atoms with van der Waals surface area (Å²) < 4.78 is 23.2. The molecule has 23 heavy (non-hydrogen) atoms. The molecule has 132 valence electrons. The molecule has 7 heteroatoms. The van der Waals surface area contributed by atoms with Gasteiger partial charge in [-0.3, -0.25) is 4.99 Å². The van der Waals surface area contributed by atoms with Gasteiger partial charge >= 0.3 is 0 Å². The zero-order valence-corrected chi connectivity index (χ0v) is 16.4. The van der Waals surface area contributed by atoms with Gasteiger partial charge in [0.2, 0.25) is 0 Å². The smallest absolute Gasteiger partial charge is 0.193 e. The summed E-state index contributed by atoms with van der Waals surface area (Å²) >= 11 is 0. The van der Waals surface area contributed by atoms with E-state index in [-0.39, 0.29) is 29.8 Å². The first-order valence-electron chi connectivity index (χ1n) is 7.40. The van der Waals surface area contributed by atoms with Crippen molar-refractivity contribution in [2.24, 2.45) is 4.99 Å². The third-order valence-corrected chi connectivity index (χ3v) is 3.09. The van der Waals surface area contributed by atoms with Crippen molar-refractivity contribution in [3.63, 3.8) is 0 Å². The van der Waals surface area contributed by atoms with Crippen LogP contribution in [0.4, 0.5) is 4.39 Å². The van der Waals surface area contributed by atoms with E-state index in [0.29, 0.717) is 26.4 Å². The number of aliphatic imine (C=N–C) groups is 1. The van der Waals surface area contributed by atoms with Gasteiger partial charge in [0.1, 0.15) is 5.82 Å². The molecule has 1 aromatic carbocycles. The van der Waals surface area contributed by atoms with E-state index in [2.05, 4.69) is 10.3 Å². The Balaban J connectivity index is 0.00000484. The Morgan fingerprint density at radius 1 is 1.22 bits per heavy atom. The molecule has 0 saturated heterocycles. The zero-order valence-electron chi connectivity index (χ0n) is 14.0. The van der Waals surface area contributed by atoms with Crippen LogP contribution in [0.1, 0.15) is 12.0 Å². The van der Waals surface area contributed by atoms with Crippen LogP contribution in [0.3, 0.4) is 0 Å². The number of hydrogen-bond donors (Lipinski definition) is 1. The van der Waals surface area contributed by atoms with Crippen LogP contribution in [0.25, 0.3) is 0 Å². The van der Waals surface area contributed by atoms with Crippen LogP contribution < -0.4 is 5.32 Å². The van der Waals surface area contributed by atoms with Gasteiger partial charge in [0.25, 0.3) is 0 Å². The van der Waals surface area contributed by atoms with E-state index in [0.717, 1.165) is 24.5 Å². The van der Waals surface area contributed by atoms with E-state index >= 15 is 0 Å². The highest BCUT2D eigenvalue weighted by atomic mass is 127. The van der Waals surface area contributed by atoms with Crippen molar-refractivity contribution in [3.05, 3.63) is 35.6 Å². The van der Waals surface area contributed by atoms with Gasteiger partial charge in [0.15, 0.2) is 5.96 Å². The third-order valence-electron chi connectivity index (χ3n) is 3.09. The molecule has 0 atom stereocenters. The minimum atomic E-state index is -0.220. The van der Waals surface area contributed by atoms with Crippen LogP contribution in [0.5, 0.6) is 0 Å². The van der Waals surface area contributed by atoms with Gasteiger partial charge in [-0.25, -0.2) is 4.39 Å². The monoisotopic (exact) mass is 439 g/mol. The Bertz CT molecular complexity index is 443. The predicted octanol–water partition coefficient (Wildman–Crippen LogP) is 2.50. The third kappa shape index (κ3) is 9.72. The van der Waals surface area contributed by atoms with E-state index < -0.39 is 0 Å². The molecule has 0 aromatic heterocycles. The fourth-order valence-electron chi connectivity index (χ4n) is 1.94. The quantitative estimate of drug-likeness (QED) is 0.278. The van der Waals surface area contributed by atoms with Crippen LogP contribution in [0.2, 0.25) is 0 Å². The lowest BCUT2D eigenvalue weighted by Crippen LogP contribution is -2.39. The van der Waals surface area contributed by atoms with Crippen molar-refractivity contribution in [2.75, 3.05) is 47.6 Å². The topological polar surface area (TPSA) is 46.1 Å². The lowest BCUT2D eigenvalue weighted by atomic mass is 10.2. The summed E-state index contributed by atoms with van der Waals surface area (Å²) in [5.74, 6) is 0.587. The molecule has 0 bridgehead atoms.